The zero-order chi connectivity index (χ0) is 8.74. The predicted octanol–water partition coefficient (Wildman–Crippen LogP) is 0.232. The van der Waals surface area contributed by atoms with Crippen molar-refractivity contribution in [2.45, 2.75) is 12.8 Å². The maximum Gasteiger partial charge on any atom is 0.397 e. The molecule has 0 unspecified atom stereocenters. The minimum Gasteiger partial charge on any atom is -0.385 e. The van der Waals surface area contributed by atoms with Gasteiger partial charge in [-0.3, -0.25) is 4.55 Å². The van der Waals surface area contributed by atoms with E-state index < -0.39 is 10.4 Å². The number of ether oxygens (including phenoxy) is 1. The van der Waals surface area contributed by atoms with Crippen LogP contribution in [0.4, 0.5) is 0 Å². The standard InChI is InChI=1S/C5H12O5S/c1-9-4-2-3-5-10-11(6,7)8/h2-5H2,1H3,(H,6,7,8). The second-order valence-corrected chi connectivity index (χ2v) is 3.04. The van der Waals surface area contributed by atoms with Gasteiger partial charge in [-0.25, -0.2) is 4.18 Å². The molecule has 0 aromatic rings. The van der Waals surface area contributed by atoms with Crippen molar-refractivity contribution >= 4 is 10.4 Å². The molecule has 0 saturated heterocycles. The van der Waals surface area contributed by atoms with Crippen LogP contribution in [0.25, 0.3) is 0 Å². The monoisotopic (exact) mass is 184 g/mol. The molecule has 0 aliphatic carbocycles. The summed E-state index contributed by atoms with van der Waals surface area (Å²) < 4.78 is 36.8. The van der Waals surface area contributed by atoms with Gasteiger partial charge in [0.05, 0.1) is 6.61 Å². The maximum absolute atomic E-state index is 9.97. The molecule has 0 bridgehead atoms. The van der Waals surface area contributed by atoms with Crippen molar-refractivity contribution in [3.05, 3.63) is 0 Å². The topological polar surface area (TPSA) is 72.8 Å². The van der Waals surface area contributed by atoms with Gasteiger partial charge in [-0.05, 0) is 12.8 Å². The first-order valence-corrected chi connectivity index (χ1v) is 4.53. The fraction of sp³-hybridized carbons (Fsp3) is 1.00. The summed E-state index contributed by atoms with van der Waals surface area (Å²) in [6.45, 7) is 0.566. The molecule has 0 aromatic carbocycles. The van der Waals surface area contributed by atoms with Crippen molar-refractivity contribution < 1.29 is 21.9 Å². The minimum atomic E-state index is -4.25. The average Bonchev–Trinajstić information content (AvgIpc) is 1.85. The molecule has 68 valence electrons. The molecule has 5 nitrogen and oxygen atoms in total. The highest BCUT2D eigenvalue weighted by atomic mass is 32.3. The summed E-state index contributed by atoms with van der Waals surface area (Å²) in [5.41, 5.74) is 0. The molecule has 11 heavy (non-hydrogen) atoms. The Bertz CT molecular complexity index is 173. The van der Waals surface area contributed by atoms with Crippen molar-refractivity contribution in [3.8, 4) is 0 Å². The second-order valence-electron chi connectivity index (χ2n) is 1.95. The molecule has 0 fully saturated rings. The normalized spacial score (nSPS) is 11.8. The molecular formula is C5H12O5S. The average molecular weight is 184 g/mol. The number of hydrogen-bond donors (Lipinski definition) is 1. The lowest BCUT2D eigenvalue weighted by atomic mass is 10.3. The summed E-state index contributed by atoms with van der Waals surface area (Å²) in [4.78, 5) is 0. The highest BCUT2D eigenvalue weighted by Crippen LogP contribution is 1.93. The molecule has 0 saturated carbocycles. The summed E-state index contributed by atoms with van der Waals surface area (Å²) in [7, 11) is -2.69. The molecule has 0 aliphatic rings. The van der Waals surface area contributed by atoms with Gasteiger partial charge in [0.1, 0.15) is 0 Å². The molecule has 0 aromatic heterocycles. The fourth-order valence-corrected chi connectivity index (χ4v) is 0.841. The molecule has 0 heterocycles. The highest BCUT2D eigenvalue weighted by Gasteiger charge is 2.01. The molecule has 0 aliphatic heterocycles. The van der Waals surface area contributed by atoms with E-state index in [1.54, 1.807) is 7.11 Å². The van der Waals surface area contributed by atoms with Crippen LogP contribution >= 0.6 is 0 Å². The Morgan fingerprint density at radius 2 is 1.82 bits per heavy atom. The van der Waals surface area contributed by atoms with Gasteiger partial charge < -0.3 is 4.74 Å². The van der Waals surface area contributed by atoms with Crippen molar-refractivity contribution in [1.29, 1.82) is 0 Å². The van der Waals surface area contributed by atoms with E-state index in [9.17, 15) is 8.42 Å². The quantitative estimate of drug-likeness (QED) is 0.472. The zero-order valence-electron chi connectivity index (χ0n) is 6.32. The lowest BCUT2D eigenvalue weighted by Gasteiger charge is -1.98. The summed E-state index contributed by atoms with van der Waals surface area (Å²) >= 11 is 0. The largest absolute Gasteiger partial charge is 0.397 e. The van der Waals surface area contributed by atoms with Gasteiger partial charge in [-0.15, -0.1) is 0 Å². The second kappa shape index (κ2) is 5.48. The van der Waals surface area contributed by atoms with Crippen LogP contribution in [-0.4, -0.2) is 33.3 Å². The fourth-order valence-electron chi connectivity index (χ4n) is 0.513. The Balaban J connectivity index is 3.16. The third kappa shape index (κ3) is 9.83. The SMILES string of the molecule is COCCCCOS(=O)(=O)O. The first-order valence-electron chi connectivity index (χ1n) is 3.17. The van der Waals surface area contributed by atoms with Crippen LogP contribution in [0, 0.1) is 0 Å². The number of hydrogen-bond acceptors (Lipinski definition) is 4. The van der Waals surface area contributed by atoms with Gasteiger partial charge in [0.15, 0.2) is 0 Å². The van der Waals surface area contributed by atoms with E-state index in [0.29, 0.717) is 19.4 Å². The Labute approximate surface area is 66.3 Å². The molecule has 0 rings (SSSR count). The Morgan fingerprint density at radius 1 is 1.27 bits per heavy atom. The summed E-state index contributed by atoms with van der Waals surface area (Å²) in [5.74, 6) is 0. The van der Waals surface area contributed by atoms with E-state index in [-0.39, 0.29) is 6.61 Å². The van der Waals surface area contributed by atoms with Crippen molar-refractivity contribution in [3.63, 3.8) is 0 Å². The van der Waals surface area contributed by atoms with Crippen LogP contribution in [0.15, 0.2) is 0 Å². The van der Waals surface area contributed by atoms with E-state index in [1.807, 2.05) is 0 Å². The molecule has 6 heteroatoms. The smallest absolute Gasteiger partial charge is 0.385 e. The highest BCUT2D eigenvalue weighted by molar-refractivity contribution is 7.80. The van der Waals surface area contributed by atoms with Crippen molar-refractivity contribution in [2.75, 3.05) is 20.3 Å². The van der Waals surface area contributed by atoms with Crippen LogP contribution in [0.2, 0.25) is 0 Å². The number of methoxy groups -OCH3 is 1. The van der Waals surface area contributed by atoms with Crippen LogP contribution in [0.3, 0.4) is 0 Å². The predicted molar refractivity (Wildman–Crippen MR) is 38.6 cm³/mol. The van der Waals surface area contributed by atoms with Crippen LogP contribution in [0.1, 0.15) is 12.8 Å². The van der Waals surface area contributed by atoms with Gasteiger partial charge in [0.2, 0.25) is 0 Å². The molecule has 1 N–H and O–H groups in total. The van der Waals surface area contributed by atoms with Gasteiger partial charge in [-0.1, -0.05) is 0 Å². The molecular weight excluding hydrogens is 172 g/mol. The Kier molecular flexibility index (Phi) is 5.39. The number of unbranched alkanes of at least 4 members (excludes halogenated alkanes) is 1. The Morgan fingerprint density at radius 3 is 2.27 bits per heavy atom. The summed E-state index contributed by atoms with van der Waals surface area (Å²) in [5, 5.41) is 0. The van der Waals surface area contributed by atoms with Crippen LogP contribution in [-0.2, 0) is 19.3 Å². The van der Waals surface area contributed by atoms with Gasteiger partial charge in [0, 0.05) is 13.7 Å². The third-order valence-electron chi connectivity index (χ3n) is 0.975. The van der Waals surface area contributed by atoms with E-state index in [2.05, 4.69) is 4.18 Å². The van der Waals surface area contributed by atoms with Gasteiger partial charge >= 0.3 is 10.4 Å². The Hall–Kier alpha value is -0.170. The third-order valence-corrected chi connectivity index (χ3v) is 1.44. The molecule has 0 amide bonds. The summed E-state index contributed by atoms with van der Waals surface area (Å²) in [6.07, 6.45) is 1.26. The molecule has 0 atom stereocenters. The van der Waals surface area contributed by atoms with E-state index >= 15 is 0 Å². The van der Waals surface area contributed by atoms with Crippen molar-refractivity contribution in [1.82, 2.24) is 0 Å². The minimum absolute atomic E-state index is 0.00218. The van der Waals surface area contributed by atoms with Crippen LogP contribution < -0.4 is 0 Å². The first-order chi connectivity index (χ1) is 5.06. The lowest BCUT2D eigenvalue weighted by Crippen LogP contribution is -2.05. The molecule has 0 spiro atoms. The summed E-state index contributed by atoms with van der Waals surface area (Å²) in [6, 6.07) is 0. The number of rotatable bonds is 6. The van der Waals surface area contributed by atoms with Crippen molar-refractivity contribution in [2.24, 2.45) is 0 Å². The first kappa shape index (κ1) is 10.8. The van der Waals surface area contributed by atoms with E-state index in [4.69, 9.17) is 9.29 Å². The zero-order valence-corrected chi connectivity index (χ0v) is 7.13. The van der Waals surface area contributed by atoms with Crippen LogP contribution in [0.5, 0.6) is 0 Å². The van der Waals surface area contributed by atoms with E-state index in [1.165, 1.54) is 0 Å². The molecule has 0 radical (unpaired) electrons. The van der Waals surface area contributed by atoms with Gasteiger partial charge in [-0.2, -0.15) is 8.42 Å². The van der Waals surface area contributed by atoms with Gasteiger partial charge in [0.25, 0.3) is 0 Å². The lowest BCUT2D eigenvalue weighted by molar-refractivity contribution is 0.182. The van der Waals surface area contributed by atoms with E-state index in [0.717, 1.165) is 0 Å². The maximum atomic E-state index is 9.97.